The van der Waals surface area contributed by atoms with Gasteiger partial charge in [0.2, 0.25) is 17.7 Å². The lowest BCUT2D eigenvalue weighted by atomic mass is 9.92. The van der Waals surface area contributed by atoms with Crippen LogP contribution in [-0.2, 0) is 14.4 Å². The number of hydrogen-bond donors (Lipinski definition) is 3. The zero-order valence-corrected chi connectivity index (χ0v) is 13.0. The Morgan fingerprint density at radius 2 is 1.25 bits per heavy atom. The minimum absolute atomic E-state index is 0.0194. The van der Waals surface area contributed by atoms with E-state index in [-0.39, 0.29) is 36.0 Å². The average molecular weight is 285 g/mol. The first-order chi connectivity index (χ1) is 9.24. The van der Waals surface area contributed by atoms with Gasteiger partial charge in [-0.1, -0.05) is 20.8 Å². The molecule has 0 bridgehead atoms. The van der Waals surface area contributed by atoms with Gasteiger partial charge in [0, 0.05) is 38.9 Å². The zero-order chi connectivity index (χ0) is 15.6. The SMILES string of the molecule is CCNC(=O)CCC(=O)NCCNC(=O)CC(C)(C)C. The second kappa shape index (κ2) is 9.34. The lowest BCUT2D eigenvalue weighted by Crippen LogP contribution is -2.36. The van der Waals surface area contributed by atoms with E-state index in [1.165, 1.54) is 0 Å². The first-order valence-electron chi connectivity index (χ1n) is 7.04. The molecule has 0 saturated heterocycles. The minimum Gasteiger partial charge on any atom is -0.356 e. The quantitative estimate of drug-likeness (QED) is 0.570. The van der Waals surface area contributed by atoms with E-state index >= 15 is 0 Å². The maximum atomic E-state index is 11.5. The van der Waals surface area contributed by atoms with Crippen LogP contribution in [0.5, 0.6) is 0 Å². The lowest BCUT2D eigenvalue weighted by molar-refractivity contribution is -0.126. The molecule has 6 nitrogen and oxygen atoms in total. The zero-order valence-electron chi connectivity index (χ0n) is 13.0. The summed E-state index contributed by atoms with van der Waals surface area (Å²) in [7, 11) is 0. The summed E-state index contributed by atoms with van der Waals surface area (Å²) < 4.78 is 0. The van der Waals surface area contributed by atoms with Crippen LogP contribution >= 0.6 is 0 Å². The molecule has 0 aromatic rings. The summed E-state index contributed by atoms with van der Waals surface area (Å²) in [6, 6.07) is 0. The topological polar surface area (TPSA) is 87.3 Å². The molecule has 6 heteroatoms. The van der Waals surface area contributed by atoms with Gasteiger partial charge in [-0.3, -0.25) is 14.4 Å². The highest BCUT2D eigenvalue weighted by Gasteiger charge is 2.15. The number of amides is 3. The summed E-state index contributed by atoms with van der Waals surface area (Å²) in [6.45, 7) is 9.17. The van der Waals surface area contributed by atoms with Crippen LogP contribution in [0, 0.1) is 5.41 Å². The number of carbonyl (C=O) groups is 3. The van der Waals surface area contributed by atoms with E-state index in [0.29, 0.717) is 26.1 Å². The molecular weight excluding hydrogens is 258 g/mol. The molecule has 3 amide bonds. The maximum Gasteiger partial charge on any atom is 0.220 e. The van der Waals surface area contributed by atoms with E-state index in [1.807, 2.05) is 27.7 Å². The van der Waals surface area contributed by atoms with Crippen molar-refractivity contribution in [2.45, 2.75) is 47.0 Å². The molecule has 3 N–H and O–H groups in total. The molecule has 0 saturated carbocycles. The molecule has 0 aliphatic heterocycles. The smallest absolute Gasteiger partial charge is 0.220 e. The van der Waals surface area contributed by atoms with Gasteiger partial charge < -0.3 is 16.0 Å². The molecular formula is C14H27N3O3. The van der Waals surface area contributed by atoms with E-state index < -0.39 is 0 Å². The first-order valence-corrected chi connectivity index (χ1v) is 7.04. The van der Waals surface area contributed by atoms with Crippen molar-refractivity contribution in [3.8, 4) is 0 Å². The Labute approximate surface area is 121 Å². The molecule has 0 aromatic heterocycles. The standard InChI is InChI=1S/C14H27N3O3/c1-5-15-11(18)6-7-12(19)16-8-9-17-13(20)10-14(2,3)4/h5-10H2,1-4H3,(H,15,18)(H,16,19)(H,17,20). The minimum atomic E-state index is -0.179. The van der Waals surface area contributed by atoms with Crippen molar-refractivity contribution in [3.05, 3.63) is 0 Å². The second-order valence-electron chi connectivity index (χ2n) is 5.89. The summed E-state index contributed by atoms with van der Waals surface area (Å²) in [5, 5.41) is 8.04. The maximum absolute atomic E-state index is 11.5. The molecule has 0 rings (SSSR count). The van der Waals surface area contributed by atoms with Crippen LogP contribution in [0.25, 0.3) is 0 Å². The Kier molecular flexibility index (Phi) is 8.59. The second-order valence-corrected chi connectivity index (χ2v) is 5.89. The normalized spacial score (nSPS) is 10.8. The predicted octanol–water partition coefficient (Wildman–Crippen LogP) is 0.571. The molecule has 0 radical (unpaired) electrons. The summed E-state index contributed by atoms with van der Waals surface area (Å²) in [4.78, 5) is 34.1. The van der Waals surface area contributed by atoms with Gasteiger partial charge in [-0.2, -0.15) is 0 Å². The third-order valence-corrected chi connectivity index (χ3v) is 2.41. The fourth-order valence-electron chi connectivity index (χ4n) is 1.55. The Bertz CT molecular complexity index is 335. The van der Waals surface area contributed by atoms with Crippen LogP contribution in [-0.4, -0.2) is 37.4 Å². The molecule has 0 aliphatic rings. The average Bonchev–Trinajstić information content (AvgIpc) is 2.30. The van der Waals surface area contributed by atoms with Gasteiger partial charge in [0.05, 0.1) is 0 Å². The summed E-state index contributed by atoms with van der Waals surface area (Å²) in [6.07, 6.45) is 0.815. The lowest BCUT2D eigenvalue weighted by Gasteiger charge is -2.17. The highest BCUT2D eigenvalue weighted by Crippen LogP contribution is 2.17. The van der Waals surface area contributed by atoms with Crippen molar-refractivity contribution in [2.75, 3.05) is 19.6 Å². The monoisotopic (exact) mass is 285 g/mol. The fourth-order valence-corrected chi connectivity index (χ4v) is 1.55. The molecule has 0 heterocycles. The van der Waals surface area contributed by atoms with Crippen LogP contribution in [0.2, 0.25) is 0 Å². The Morgan fingerprint density at radius 3 is 1.70 bits per heavy atom. The van der Waals surface area contributed by atoms with Crippen LogP contribution in [0.15, 0.2) is 0 Å². The van der Waals surface area contributed by atoms with Crippen molar-refractivity contribution in [1.82, 2.24) is 16.0 Å². The third kappa shape index (κ3) is 11.5. The van der Waals surface area contributed by atoms with Gasteiger partial charge in [-0.25, -0.2) is 0 Å². The summed E-state index contributed by atoms with van der Waals surface area (Å²) >= 11 is 0. The van der Waals surface area contributed by atoms with Gasteiger partial charge in [0.25, 0.3) is 0 Å². The van der Waals surface area contributed by atoms with Gasteiger partial charge >= 0.3 is 0 Å². The number of rotatable bonds is 8. The van der Waals surface area contributed by atoms with E-state index in [4.69, 9.17) is 0 Å². The van der Waals surface area contributed by atoms with E-state index in [2.05, 4.69) is 16.0 Å². The predicted molar refractivity (Wildman–Crippen MR) is 78.0 cm³/mol. The third-order valence-electron chi connectivity index (χ3n) is 2.41. The summed E-state index contributed by atoms with van der Waals surface area (Å²) in [5.41, 5.74) is -0.0417. The first kappa shape index (κ1) is 18.4. The van der Waals surface area contributed by atoms with Gasteiger partial charge in [-0.05, 0) is 12.3 Å². The van der Waals surface area contributed by atoms with Crippen molar-refractivity contribution >= 4 is 17.7 Å². The Balaban J connectivity index is 3.62. The van der Waals surface area contributed by atoms with Crippen molar-refractivity contribution in [2.24, 2.45) is 5.41 Å². The Morgan fingerprint density at radius 1 is 0.800 bits per heavy atom. The largest absolute Gasteiger partial charge is 0.356 e. The van der Waals surface area contributed by atoms with Crippen molar-refractivity contribution < 1.29 is 14.4 Å². The van der Waals surface area contributed by atoms with Gasteiger partial charge in [0.1, 0.15) is 0 Å². The number of nitrogens with one attached hydrogen (secondary N) is 3. The molecule has 0 spiro atoms. The molecule has 116 valence electrons. The van der Waals surface area contributed by atoms with E-state index in [0.717, 1.165) is 0 Å². The van der Waals surface area contributed by atoms with Gasteiger partial charge in [-0.15, -0.1) is 0 Å². The highest BCUT2D eigenvalue weighted by molar-refractivity contribution is 5.83. The molecule has 0 atom stereocenters. The molecule has 0 aromatic carbocycles. The van der Waals surface area contributed by atoms with Crippen molar-refractivity contribution in [3.63, 3.8) is 0 Å². The molecule has 0 aliphatic carbocycles. The number of carbonyl (C=O) groups excluding carboxylic acids is 3. The van der Waals surface area contributed by atoms with Crippen LogP contribution in [0.3, 0.4) is 0 Å². The van der Waals surface area contributed by atoms with Gasteiger partial charge in [0.15, 0.2) is 0 Å². The Hall–Kier alpha value is -1.59. The van der Waals surface area contributed by atoms with E-state index in [9.17, 15) is 14.4 Å². The highest BCUT2D eigenvalue weighted by atomic mass is 16.2. The molecule has 0 fully saturated rings. The van der Waals surface area contributed by atoms with Crippen LogP contribution < -0.4 is 16.0 Å². The van der Waals surface area contributed by atoms with E-state index in [1.54, 1.807) is 0 Å². The van der Waals surface area contributed by atoms with Crippen LogP contribution in [0.4, 0.5) is 0 Å². The molecule has 20 heavy (non-hydrogen) atoms. The van der Waals surface area contributed by atoms with Crippen LogP contribution in [0.1, 0.15) is 47.0 Å². The van der Waals surface area contributed by atoms with Crippen molar-refractivity contribution in [1.29, 1.82) is 0 Å². The number of hydrogen-bond acceptors (Lipinski definition) is 3. The summed E-state index contributed by atoms with van der Waals surface area (Å²) in [5.74, 6) is -0.323. The fraction of sp³-hybridized carbons (Fsp3) is 0.786. The molecule has 0 unspecified atom stereocenters.